The number of anilines is 3. The molecular formula is C35H42F2N8O5. The van der Waals surface area contributed by atoms with E-state index in [1.807, 2.05) is 12.1 Å². The lowest BCUT2D eigenvalue weighted by molar-refractivity contribution is -0.190. The number of piperidine rings is 1. The molecule has 6 rings (SSSR count). The Hall–Kier alpha value is -4.81. The van der Waals surface area contributed by atoms with E-state index < -0.39 is 29.8 Å². The van der Waals surface area contributed by atoms with Crippen molar-refractivity contribution in [1.29, 1.82) is 5.26 Å². The van der Waals surface area contributed by atoms with E-state index in [0.29, 0.717) is 29.0 Å². The molecule has 50 heavy (non-hydrogen) atoms. The third-order valence-electron chi connectivity index (χ3n) is 9.13. The molecule has 0 saturated carbocycles. The fourth-order valence-corrected chi connectivity index (χ4v) is 6.08. The molecule has 15 heteroatoms. The minimum Gasteiger partial charge on any atom is -0.480 e. The lowest BCUT2D eigenvalue weighted by atomic mass is 9.89. The van der Waals surface area contributed by atoms with Gasteiger partial charge >= 0.3 is 12.0 Å². The number of alkyl halides is 2. The van der Waals surface area contributed by atoms with E-state index in [1.165, 1.54) is 19.1 Å². The number of likely N-dealkylation sites (tertiary alicyclic amines) is 1. The fraction of sp³-hybridized carbons (Fsp3) is 0.514. The molecule has 1 N–H and O–H groups in total. The largest absolute Gasteiger partial charge is 0.480 e. The molecule has 0 spiro atoms. The molecule has 0 aliphatic carbocycles. The molecule has 0 radical (unpaired) electrons. The zero-order valence-electron chi connectivity index (χ0n) is 28.9. The summed E-state index contributed by atoms with van der Waals surface area (Å²) in [6, 6.07) is 12.7. The Labute approximate surface area is 290 Å². The molecule has 1 unspecified atom stereocenters. The minimum absolute atomic E-state index is 0.00593. The number of pyridine rings is 1. The zero-order chi connectivity index (χ0) is 35.7. The van der Waals surface area contributed by atoms with E-state index in [1.54, 1.807) is 46.2 Å². The summed E-state index contributed by atoms with van der Waals surface area (Å²) in [4.78, 5) is 31.7. The molecule has 3 fully saturated rings. The third kappa shape index (κ3) is 7.51. The average molecular weight is 693 g/mol. The van der Waals surface area contributed by atoms with Crippen molar-refractivity contribution in [3.05, 3.63) is 48.2 Å². The first-order valence-electron chi connectivity index (χ1n) is 16.6. The molecular weight excluding hydrogens is 650 g/mol. The monoisotopic (exact) mass is 692 g/mol. The number of nitriles is 1. The number of ether oxygens (including phenoxy) is 4. The van der Waals surface area contributed by atoms with Crippen LogP contribution in [0, 0.1) is 11.3 Å². The number of nitrogens with one attached hydrogen (secondary N) is 1. The van der Waals surface area contributed by atoms with Gasteiger partial charge in [-0.1, -0.05) is 0 Å². The highest BCUT2D eigenvalue weighted by Crippen LogP contribution is 2.41. The highest BCUT2D eigenvalue weighted by Gasteiger charge is 2.57. The molecule has 3 aliphatic heterocycles. The maximum absolute atomic E-state index is 15.5. The van der Waals surface area contributed by atoms with Crippen molar-refractivity contribution in [1.82, 2.24) is 24.8 Å². The molecule has 0 bridgehead atoms. The SMILES string of the molecule is COc1nc(Nc2nccc(-c3ccc(OC4(C)CCN(C(=O)OC(C)(C)C)CC4(F)F)c(C#N)c3)n2)ccc1N1CCN(C2COC2)CC1. The van der Waals surface area contributed by atoms with Crippen LogP contribution in [0.2, 0.25) is 0 Å². The lowest BCUT2D eigenvalue weighted by Gasteiger charge is -2.45. The summed E-state index contributed by atoms with van der Waals surface area (Å²) in [7, 11) is 1.59. The number of hydrogen-bond acceptors (Lipinski definition) is 12. The molecule has 3 aliphatic rings. The number of nitrogens with zero attached hydrogens (tertiary/aromatic N) is 7. The smallest absolute Gasteiger partial charge is 0.410 e. The van der Waals surface area contributed by atoms with Crippen LogP contribution in [0.1, 0.15) is 39.7 Å². The number of carbonyl (C=O) groups excluding carboxylic acids is 1. The number of methoxy groups -OCH3 is 1. The summed E-state index contributed by atoms with van der Waals surface area (Å²) >= 11 is 0. The topological polar surface area (TPSA) is 138 Å². The first kappa shape index (κ1) is 35.0. The Morgan fingerprint density at radius 2 is 1.84 bits per heavy atom. The van der Waals surface area contributed by atoms with Crippen molar-refractivity contribution < 1.29 is 32.5 Å². The van der Waals surface area contributed by atoms with Gasteiger partial charge in [0.25, 0.3) is 0 Å². The first-order valence-corrected chi connectivity index (χ1v) is 16.6. The predicted molar refractivity (Wildman–Crippen MR) is 181 cm³/mol. The van der Waals surface area contributed by atoms with E-state index in [0.717, 1.165) is 50.0 Å². The van der Waals surface area contributed by atoms with Crippen LogP contribution in [-0.2, 0) is 9.47 Å². The predicted octanol–water partition coefficient (Wildman–Crippen LogP) is 5.10. The van der Waals surface area contributed by atoms with E-state index in [2.05, 4.69) is 36.1 Å². The number of hydrogen-bond donors (Lipinski definition) is 1. The second-order valence-corrected chi connectivity index (χ2v) is 13.8. The lowest BCUT2D eigenvalue weighted by Crippen LogP contribution is -2.62. The van der Waals surface area contributed by atoms with Gasteiger partial charge in [-0.05, 0) is 64.1 Å². The Bertz CT molecular complexity index is 1750. The van der Waals surface area contributed by atoms with Crippen molar-refractivity contribution >= 4 is 23.5 Å². The molecule has 1 aromatic carbocycles. The first-order chi connectivity index (χ1) is 23.8. The van der Waals surface area contributed by atoms with Gasteiger partial charge in [0.2, 0.25) is 11.8 Å². The number of amides is 1. The molecule has 1 amide bonds. The zero-order valence-corrected chi connectivity index (χ0v) is 28.9. The van der Waals surface area contributed by atoms with Crippen LogP contribution in [0.3, 0.4) is 0 Å². The molecule has 266 valence electrons. The summed E-state index contributed by atoms with van der Waals surface area (Å²) in [6.45, 7) is 10.7. The summed E-state index contributed by atoms with van der Waals surface area (Å²) in [6.07, 6.45) is 0.593. The van der Waals surface area contributed by atoms with Gasteiger partial charge in [0, 0.05) is 50.9 Å². The highest BCUT2D eigenvalue weighted by molar-refractivity contribution is 5.69. The van der Waals surface area contributed by atoms with Crippen LogP contribution in [0.5, 0.6) is 11.6 Å². The Morgan fingerprint density at radius 1 is 1.08 bits per heavy atom. The van der Waals surface area contributed by atoms with Crippen molar-refractivity contribution in [2.24, 2.45) is 0 Å². The van der Waals surface area contributed by atoms with E-state index >= 15 is 8.78 Å². The van der Waals surface area contributed by atoms with Crippen LogP contribution >= 0.6 is 0 Å². The van der Waals surface area contributed by atoms with Gasteiger partial charge < -0.3 is 34.1 Å². The summed E-state index contributed by atoms with van der Waals surface area (Å²) in [5, 5.41) is 13.1. The van der Waals surface area contributed by atoms with Gasteiger partial charge in [-0.25, -0.2) is 23.5 Å². The second-order valence-electron chi connectivity index (χ2n) is 13.8. The van der Waals surface area contributed by atoms with Crippen LogP contribution in [-0.4, -0.2) is 114 Å². The number of benzene rings is 1. The number of piperazine rings is 1. The van der Waals surface area contributed by atoms with Crippen molar-refractivity contribution in [2.75, 3.05) is 69.8 Å². The van der Waals surface area contributed by atoms with E-state index in [4.69, 9.17) is 18.9 Å². The summed E-state index contributed by atoms with van der Waals surface area (Å²) < 4.78 is 53.1. The molecule has 2 aromatic heterocycles. The van der Waals surface area contributed by atoms with Gasteiger partial charge in [-0.2, -0.15) is 10.2 Å². The highest BCUT2D eigenvalue weighted by atomic mass is 19.3. The Balaban J connectivity index is 1.13. The Kier molecular flexibility index (Phi) is 9.69. The number of rotatable bonds is 8. The number of halogens is 2. The Morgan fingerprint density at radius 3 is 2.48 bits per heavy atom. The standard InChI is InChI=1S/C35H42F2N8O5/c1-33(2,3)50-32(46)45-13-11-34(4,35(36,37)22-45)49-28-8-6-23(18-24(28)19-38)26-10-12-39-31(40-26)42-29-9-7-27(30(41-29)47-5)44-16-14-43(15-17-44)25-20-48-21-25/h6-10,12,18,25H,11,13-17,20-22H2,1-5H3,(H,39,40,41,42). The fourth-order valence-electron chi connectivity index (χ4n) is 6.08. The van der Waals surface area contributed by atoms with Crippen molar-refractivity contribution in [2.45, 2.75) is 57.3 Å². The van der Waals surface area contributed by atoms with E-state index in [-0.39, 0.29) is 30.2 Å². The van der Waals surface area contributed by atoms with Gasteiger partial charge in [-0.15, -0.1) is 0 Å². The van der Waals surface area contributed by atoms with Crippen LogP contribution in [0.4, 0.5) is 31.0 Å². The van der Waals surface area contributed by atoms with Gasteiger partial charge in [0.15, 0.2) is 5.60 Å². The van der Waals surface area contributed by atoms with Gasteiger partial charge in [-0.3, -0.25) is 4.90 Å². The van der Waals surface area contributed by atoms with Crippen molar-refractivity contribution in [3.8, 4) is 29.0 Å². The third-order valence-corrected chi connectivity index (χ3v) is 9.13. The average Bonchev–Trinajstić information content (AvgIpc) is 3.05. The van der Waals surface area contributed by atoms with Crippen LogP contribution in [0.25, 0.3) is 11.3 Å². The molecule has 13 nitrogen and oxygen atoms in total. The molecule has 3 aromatic rings. The number of aromatic nitrogens is 3. The van der Waals surface area contributed by atoms with Crippen LogP contribution < -0.4 is 19.7 Å². The van der Waals surface area contributed by atoms with Crippen LogP contribution in [0.15, 0.2) is 42.6 Å². The van der Waals surface area contributed by atoms with Crippen molar-refractivity contribution in [3.63, 3.8) is 0 Å². The van der Waals surface area contributed by atoms with Gasteiger partial charge in [0.1, 0.15) is 28.9 Å². The normalized spacial score (nSPS) is 21.2. The van der Waals surface area contributed by atoms with E-state index in [9.17, 15) is 10.1 Å². The quantitative estimate of drug-likeness (QED) is 0.336. The van der Waals surface area contributed by atoms with Gasteiger partial charge in [0.05, 0.1) is 44.2 Å². The second kappa shape index (κ2) is 13.8. The number of carbonyl (C=O) groups is 1. The maximum atomic E-state index is 15.5. The molecule has 3 saturated heterocycles. The summed E-state index contributed by atoms with van der Waals surface area (Å²) in [5.41, 5.74) is -0.759. The summed E-state index contributed by atoms with van der Waals surface area (Å²) in [5.74, 6) is -2.18. The molecule has 5 heterocycles. The molecule has 1 atom stereocenters. The maximum Gasteiger partial charge on any atom is 0.410 e. The minimum atomic E-state index is -3.42.